The Morgan fingerprint density at radius 2 is 2.00 bits per heavy atom. The number of thiophene rings is 1. The van der Waals surface area contributed by atoms with E-state index in [-0.39, 0.29) is 0 Å². The average molecular weight is 251 g/mol. The predicted molar refractivity (Wildman–Crippen MR) is 68.8 cm³/mol. The minimum absolute atomic E-state index is 0.527. The molecular formula is C12H13NOS2. The van der Waals surface area contributed by atoms with Crippen molar-refractivity contribution >= 4 is 22.1 Å². The Morgan fingerprint density at radius 3 is 2.69 bits per heavy atom. The molecule has 0 saturated carbocycles. The van der Waals surface area contributed by atoms with Gasteiger partial charge in [0, 0.05) is 6.54 Å². The fourth-order valence-electron chi connectivity index (χ4n) is 1.46. The molecule has 0 aliphatic heterocycles. The number of hydrogen-bond donors (Lipinski definition) is 1. The number of nitrogens with two attached hydrogens (primary N) is 1. The van der Waals surface area contributed by atoms with Crippen LogP contribution in [0.3, 0.4) is 0 Å². The van der Waals surface area contributed by atoms with E-state index >= 15 is 0 Å². The van der Waals surface area contributed by atoms with Crippen LogP contribution in [0.15, 0.2) is 46.0 Å². The van der Waals surface area contributed by atoms with E-state index in [2.05, 4.69) is 0 Å². The average Bonchev–Trinajstić information content (AvgIpc) is 2.83. The topological polar surface area (TPSA) is 43.1 Å². The lowest BCUT2D eigenvalue weighted by atomic mass is 10.1. The largest absolute Gasteiger partial charge is 0.326 e. The number of benzene rings is 1. The summed E-state index contributed by atoms with van der Waals surface area (Å²) in [6.45, 7) is 0.527. The lowest BCUT2D eigenvalue weighted by Crippen LogP contribution is -1.99. The van der Waals surface area contributed by atoms with E-state index in [4.69, 9.17) is 5.73 Å². The van der Waals surface area contributed by atoms with E-state index in [1.165, 1.54) is 11.3 Å². The van der Waals surface area contributed by atoms with Gasteiger partial charge in [0.2, 0.25) is 0 Å². The van der Waals surface area contributed by atoms with Gasteiger partial charge in [-0.05, 0) is 22.6 Å². The van der Waals surface area contributed by atoms with Crippen LogP contribution in [-0.2, 0) is 23.1 Å². The summed E-state index contributed by atoms with van der Waals surface area (Å²) < 4.78 is 12.9. The van der Waals surface area contributed by atoms with Crippen LogP contribution in [0.1, 0.15) is 11.1 Å². The van der Waals surface area contributed by atoms with Crippen LogP contribution in [0.25, 0.3) is 0 Å². The molecule has 0 bridgehead atoms. The fraction of sp³-hybridized carbons (Fsp3) is 0.167. The molecular weight excluding hydrogens is 238 g/mol. The first kappa shape index (κ1) is 11.5. The predicted octanol–water partition coefficient (Wildman–Crippen LogP) is 2.51. The Labute approximate surface area is 102 Å². The maximum absolute atomic E-state index is 12.0. The first-order valence-corrected chi connectivity index (χ1v) is 7.19. The van der Waals surface area contributed by atoms with Crippen molar-refractivity contribution in [2.45, 2.75) is 16.5 Å². The van der Waals surface area contributed by atoms with Gasteiger partial charge in [-0.1, -0.05) is 30.3 Å². The standard InChI is InChI=1S/C12H13NOS2/c13-8-10-3-1-4-11(7-10)9-16(14)12-5-2-6-15-12/h1-7H,8-9,13H2. The molecule has 2 rings (SSSR count). The molecule has 0 aliphatic rings. The normalized spacial score (nSPS) is 12.6. The second-order valence-electron chi connectivity index (χ2n) is 3.45. The second kappa shape index (κ2) is 5.39. The first-order chi connectivity index (χ1) is 7.79. The van der Waals surface area contributed by atoms with Crippen molar-refractivity contribution in [2.24, 2.45) is 5.73 Å². The Balaban J connectivity index is 2.12. The highest BCUT2D eigenvalue weighted by Gasteiger charge is 2.06. The minimum Gasteiger partial charge on any atom is -0.326 e. The summed E-state index contributed by atoms with van der Waals surface area (Å²) in [7, 11) is -0.936. The highest BCUT2D eigenvalue weighted by atomic mass is 32.2. The summed E-state index contributed by atoms with van der Waals surface area (Å²) in [5, 5.41) is 1.95. The van der Waals surface area contributed by atoms with Gasteiger partial charge in [0.15, 0.2) is 0 Å². The van der Waals surface area contributed by atoms with E-state index < -0.39 is 10.8 Å². The molecule has 0 saturated heterocycles. The Bertz CT molecular complexity index is 480. The van der Waals surface area contributed by atoms with E-state index in [1.807, 2.05) is 41.8 Å². The van der Waals surface area contributed by atoms with Gasteiger partial charge in [-0.3, -0.25) is 4.21 Å². The molecule has 2 N–H and O–H groups in total. The van der Waals surface area contributed by atoms with Crippen molar-refractivity contribution in [3.63, 3.8) is 0 Å². The highest BCUT2D eigenvalue weighted by Crippen LogP contribution is 2.17. The minimum atomic E-state index is -0.936. The van der Waals surface area contributed by atoms with Crippen LogP contribution in [0, 0.1) is 0 Å². The van der Waals surface area contributed by atoms with Crippen molar-refractivity contribution in [1.82, 2.24) is 0 Å². The molecule has 1 heterocycles. The molecule has 0 spiro atoms. The zero-order valence-electron chi connectivity index (χ0n) is 8.76. The SMILES string of the molecule is NCc1cccc(CS(=O)c2cccs2)c1. The molecule has 1 aromatic carbocycles. The van der Waals surface area contributed by atoms with Crippen LogP contribution in [0.2, 0.25) is 0 Å². The summed E-state index contributed by atoms with van der Waals surface area (Å²) in [5.41, 5.74) is 7.73. The van der Waals surface area contributed by atoms with E-state index in [0.717, 1.165) is 15.3 Å². The molecule has 2 nitrogen and oxygen atoms in total. The van der Waals surface area contributed by atoms with Crippen molar-refractivity contribution in [3.05, 3.63) is 52.9 Å². The maximum Gasteiger partial charge on any atom is 0.0913 e. The van der Waals surface area contributed by atoms with E-state index in [1.54, 1.807) is 0 Å². The number of hydrogen-bond acceptors (Lipinski definition) is 3. The zero-order valence-corrected chi connectivity index (χ0v) is 10.4. The lowest BCUT2D eigenvalue weighted by molar-refractivity contribution is 0.684. The zero-order chi connectivity index (χ0) is 11.4. The smallest absolute Gasteiger partial charge is 0.0913 e. The van der Waals surface area contributed by atoms with Gasteiger partial charge in [0.1, 0.15) is 0 Å². The summed E-state index contributed by atoms with van der Waals surface area (Å²) >= 11 is 1.54. The van der Waals surface area contributed by atoms with Crippen molar-refractivity contribution in [3.8, 4) is 0 Å². The Morgan fingerprint density at radius 1 is 1.19 bits per heavy atom. The van der Waals surface area contributed by atoms with Crippen molar-refractivity contribution < 1.29 is 4.21 Å². The quantitative estimate of drug-likeness (QED) is 0.907. The molecule has 1 unspecified atom stereocenters. The molecule has 0 radical (unpaired) electrons. The molecule has 0 fully saturated rings. The molecule has 16 heavy (non-hydrogen) atoms. The summed E-state index contributed by atoms with van der Waals surface area (Å²) in [5.74, 6) is 0.564. The van der Waals surface area contributed by atoms with Crippen molar-refractivity contribution in [1.29, 1.82) is 0 Å². The number of rotatable bonds is 4. The van der Waals surface area contributed by atoms with Crippen LogP contribution in [-0.4, -0.2) is 4.21 Å². The molecule has 84 valence electrons. The maximum atomic E-state index is 12.0. The van der Waals surface area contributed by atoms with Gasteiger partial charge in [0.25, 0.3) is 0 Å². The highest BCUT2D eigenvalue weighted by molar-refractivity contribution is 7.86. The molecule has 4 heteroatoms. The third kappa shape index (κ3) is 2.78. The molecule has 1 atom stereocenters. The molecule has 1 aromatic heterocycles. The monoisotopic (exact) mass is 251 g/mol. The summed E-state index contributed by atoms with van der Waals surface area (Å²) in [6, 6.07) is 11.8. The van der Waals surface area contributed by atoms with Crippen LogP contribution < -0.4 is 5.73 Å². The van der Waals surface area contributed by atoms with Crippen LogP contribution in [0.4, 0.5) is 0 Å². The Hall–Kier alpha value is -0.970. The Kier molecular flexibility index (Phi) is 3.88. The fourth-order valence-corrected chi connectivity index (χ4v) is 3.54. The van der Waals surface area contributed by atoms with E-state index in [9.17, 15) is 4.21 Å². The van der Waals surface area contributed by atoms with Crippen LogP contribution in [0.5, 0.6) is 0 Å². The van der Waals surface area contributed by atoms with Crippen LogP contribution >= 0.6 is 11.3 Å². The van der Waals surface area contributed by atoms with Gasteiger partial charge in [-0.2, -0.15) is 0 Å². The lowest BCUT2D eigenvalue weighted by Gasteiger charge is -2.02. The van der Waals surface area contributed by atoms with Gasteiger partial charge in [0.05, 0.1) is 20.8 Å². The molecule has 0 aliphatic carbocycles. The first-order valence-electron chi connectivity index (χ1n) is 4.99. The van der Waals surface area contributed by atoms with E-state index in [0.29, 0.717) is 12.3 Å². The van der Waals surface area contributed by atoms with Crippen molar-refractivity contribution in [2.75, 3.05) is 0 Å². The second-order valence-corrected chi connectivity index (χ2v) is 6.07. The van der Waals surface area contributed by atoms with Gasteiger partial charge < -0.3 is 5.73 Å². The molecule has 2 aromatic rings. The van der Waals surface area contributed by atoms with Gasteiger partial charge in [-0.15, -0.1) is 11.3 Å². The third-order valence-corrected chi connectivity index (χ3v) is 4.93. The third-order valence-electron chi connectivity index (χ3n) is 2.24. The van der Waals surface area contributed by atoms with Gasteiger partial charge in [-0.25, -0.2) is 0 Å². The molecule has 0 amide bonds. The van der Waals surface area contributed by atoms with Gasteiger partial charge >= 0.3 is 0 Å². The summed E-state index contributed by atoms with van der Waals surface area (Å²) in [6.07, 6.45) is 0. The summed E-state index contributed by atoms with van der Waals surface area (Å²) in [4.78, 5) is 0.